The summed E-state index contributed by atoms with van der Waals surface area (Å²) >= 11 is 0. The Kier molecular flexibility index (Phi) is 7.23. The van der Waals surface area contributed by atoms with Crippen LogP contribution in [0, 0.1) is 5.92 Å². The highest BCUT2D eigenvalue weighted by atomic mass is 31.2. The van der Waals surface area contributed by atoms with Gasteiger partial charge in [-0.15, -0.1) is 9.35 Å². The van der Waals surface area contributed by atoms with Crippen molar-refractivity contribution in [1.82, 2.24) is 9.80 Å². The van der Waals surface area contributed by atoms with E-state index in [2.05, 4.69) is 0 Å². The quantitative estimate of drug-likeness (QED) is 0.136. The van der Waals surface area contributed by atoms with Crippen LogP contribution in [0.3, 0.4) is 0 Å². The lowest BCUT2D eigenvalue weighted by atomic mass is 9.88. The van der Waals surface area contributed by atoms with Gasteiger partial charge in [-0.2, -0.15) is 0 Å². The molecule has 0 aromatic rings. The van der Waals surface area contributed by atoms with Crippen molar-refractivity contribution in [2.75, 3.05) is 39.5 Å². The molecule has 3 amide bonds. The molecular formula is C18H31N2O9P. The van der Waals surface area contributed by atoms with Crippen molar-refractivity contribution in [1.29, 1.82) is 0 Å². The average Bonchev–Trinajstić information content (AvgIpc) is 3.60. The largest absolute Gasteiger partial charge is 0.390 e. The average molecular weight is 450 g/mol. The van der Waals surface area contributed by atoms with Crippen molar-refractivity contribution in [3.63, 3.8) is 0 Å². The zero-order valence-electron chi connectivity index (χ0n) is 18.1. The molecule has 12 heteroatoms. The van der Waals surface area contributed by atoms with Crippen LogP contribution in [-0.4, -0.2) is 84.7 Å². The van der Waals surface area contributed by atoms with Crippen molar-refractivity contribution in [2.45, 2.75) is 58.0 Å². The Hall–Kier alpha value is -1.07. The first-order valence-electron chi connectivity index (χ1n) is 10.3. The second-order valence-corrected chi connectivity index (χ2v) is 9.99. The van der Waals surface area contributed by atoms with Gasteiger partial charge in [-0.25, -0.2) is 14.6 Å². The van der Waals surface area contributed by atoms with E-state index in [0.29, 0.717) is 13.2 Å². The van der Waals surface area contributed by atoms with E-state index in [-0.39, 0.29) is 38.5 Å². The molecule has 0 bridgehead atoms. The SMILES string of the molecule is CCOOP(=O)(OOCC)C(C(C)C)C1(C)C(=O)N(CC2CO2)C(=O)N1CC1CO1. The second kappa shape index (κ2) is 9.20. The fraction of sp³-hybridized carbons (Fsp3) is 0.889. The summed E-state index contributed by atoms with van der Waals surface area (Å²) in [5, 5.41) is 0. The minimum absolute atomic E-state index is 0.110. The molecule has 0 radical (unpaired) electrons. The summed E-state index contributed by atoms with van der Waals surface area (Å²) in [6.07, 6.45) is -0.353. The van der Waals surface area contributed by atoms with Crippen LogP contribution < -0.4 is 0 Å². The molecule has 0 spiro atoms. The highest BCUT2D eigenvalue weighted by Crippen LogP contribution is 2.61. The van der Waals surface area contributed by atoms with Gasteiger partial charge < -0.3 is 14.4 Å². The van der Waals surface area contributed by atoms with Crippen LogP contribution in [0.25, 0.3) is 0 Å². The molecule has 3 aliphatic rings. The van der Waals surface area contributed by atoms with E-state index in [9.17, 15) is 14.2 Å². The molecule has 172 valence electrons. The number of carbonyl (C=O) groups excluding carboxylic acids is 2. The molecule has 3 fully saturated rings. The third-order valence-electron chi connectivity index (χ3n) is 5.37. The predicted molar refractivity (Wildman–Crippen MR) is 103 cm³/mol. The minimum atomic E-state index is -4.16. The summed E-state index contributed by atoms with van der Waals surface area (Å²) in [6, 6.07) is -0.474. The van der Waals surface area contributed by atoms with Gasteiger partial charge in [0.1, 0.15) is 11.2 Å². The Morgan fingerprint density at radius 3 is 2.00 bits per heavy atom. The Bertz CT molecular complexity index is 685. The van der Waals surface area contributed by atoms with Gasteiger partial charge in [0, 0.05) is 0 Å². The molecular weight excluding hydrogens is 419 g/mol. The Morgan fingerprint density at radius 1 is 1.07 bits per heavy atom. The van der Waals surface area contributed by atoms with Crippen molar-refractivity contribution in [3.05, 3.63) is 0 Å². The molecule has 4 unspecified atom stereocenters. The number of rotatable bonds is 13. The molecule has 3 rings (SSSR count). The molecule has 0 saturated carbocycles. The van der Waals surface area contributed by atoms with Gasteiger partial charge in [0.05, 0.1) is 51.7 Å². The van der Waals surface area contributed by atoms with E-state index in [0.717, 1.165) is 4.90 Å². The predicted octanol–water partition coefficient (Wildman–Crippen LogP) is 1.96. The first-order chi connectivity index (χ1) is 14.2. The van der Waals surface area contributed by atoms with E-state index in [1.165, 1.54) is 4.90 Å². The van der Waals surface area contributed by atoms with Crippen LogP contribution in [0.4, 0.5) is 4.79 Å². The number of urea groups is 1. The third kappa shape index (κ3) is 4.57. The lowest BCUT2D eigenvalue weighted by Crippen LogP contribution is -2.58. The van der Waals surface area contributed by atoms with E-state index < -0.39 is 36.6 Å². The second-order valence-electron chi connectivity index (χ2n) is 8.06. The summed E-state index contributed by atoms with van der Waals surface area (Å²) in [6.45, 7) is 10.0. The van der Waals surface area contributed by atoms with Gasteiger partial charge in [-0.1, -0.05) is 13.8 Å². The van der Waals surface area contributed by atoms with Crippen LogP contribution in [0.2, 0.25) is 0 Å². The third-order valence-corrected chi connectivity index (χ3v) is 7.78. The number of epoxide rings is 2. The van der Waals surface area contributed by atoms with Crippen molar-refractivity contribution in [3.8, 4) is 0 Å². The van der Waals surface area contributed by atoms with Gasteiger partial charge in [-0.3, -0.25) is 14.3 Å². The molecule has 11 nitrogen and oxygen atoms in total. The highest BCUT2D eigenvalue weighted by Gasteiger charge is 2.66. The van der Waals surface area contributed by atoms with E-state index >= 15 is 0 Å². The summed E-state index contributed by atoms with van der Waals surface area (Å²) in [5.74, 6) is -0.874. The van der Waals surface area contributed by atoms with Gasteiger partial charge in [0.2, 0.25) is 0 Å². The zero-order chi connectivity index (χ0) is 22.1. The Morgan fingerprint density at radius 2 is 1.57 bits per heavy atom. The number of ether oxygens (including phenoxy) is 2. The number of nitrogens with zero attached hydrogens (tertiary/aromatic N) is 2. The number of imide groups is 1. The number of amides is 3. The smallest absolute Gasteiger partial charge is 0.371 e. The summed E-state index contributed by atoms with van der Waals surface area (Å²) < 4.78 is 34.8. The lowest BCUT2D eigenvalue weighted by Gasteiger charge is -2.41. The number of hydrogen-bond acceptors (Lipinski definition) is 9. The molecule has 0 aromatic heterocycles. The molecule has 30 heavy (non-hydrogen) atoms. The lowest BCUT2D eigenvalue weighted by molar-refractivity contribution is -0.266. The van der Waals surface area contributed by atoms with Crippen LogP contribution in [0.5, 0.6) is 0 Å². The fourth-order valence-corrected chi connectivity index (χ4v) is 6.28. The first kappa shape index (κ1) is 23.6. The minimum Gasteiger partial charge on any atom is -0.371 e. The van der Waals surface area contributed by atoms with Gasteiger partial charge in [0.15, 0.2) is 0 Å². The number of carbonyl (C=O) groups is 2. The monoisotopic (exact) mass is 450 g/mol. The highest BCUT2D eigenvalue weighted by molar-refractivity contribution is 7.54. The van der Waals surface area contributed by atoms with Gasteiger partial charge in [0.25, 0.3) is 5.91 Å². The van der Waals surface area contributed by atoms with E-state index in [1.54, 1.807) is 34.6 Å². The molecule has 0 aromatic carbocycles. The van der Waals surface area contributed by atoms with Crippen molar-refractivity contribution >= 4 is 19.5 Å². The molecule has 0 N–H and O–H groups in total. The molecule has 3 heterocycles. The molecule has 3 saturated heterocycles. The first-order valence-corrected chi connectivity index (χ1v) is 11.9. The van der Waals surface area contributed by atoms with Crippen LogP contribution >= 0.6 is 7.60 Å². The Balaban J connectivity index is 2.01. The summed E-state index contributed by atoms with van der Waals surface area (Å²) in [5.41, 5.74) is -2.57. The van der Waals surface area contributed by atoms with E-state index in [4.69, 9.17) is 28.6 Å². The van der Waals surface area contributed by atoms with Crippen LogP contribution in [-0.2, 0) is 38.0 Å². The maximum atomic E-state index is 13.8. The van der Waals surface area contributed by atoms with Crippen LogP contribution in [0.15, 0.2) is 0 Å². The van der Waals surface area contributed by atoms with Crippen molar-refractivity contribution in [2.24, 2.45) is 5.92 Å². The summed E-state index contributed by atoms with van der Waals surface area (Å²) in [4.78, 5) is 39.4. The molecule has 3 aliphatic heterocycles. The standard InChI is InChI=1S/C18H31N2O9P/c1-6-26-28-30(23,29-27-7-2)15(12(3)4)18(5)16(21)19(8-13-10-24-13)17(22)20(18)9-14-11-25-14/h12-15H,6-11H2,1-5H3. The van der Waals surface area contributed by atoms with Crippen LogP contribution in [0.1, 0.15) is 34.6 Å². The van der Waals surface area contributed by atoms with Gasteiger partial charge in [-0.05, 0) is 26.7 Å². The maximum Gasteiger partial charge on any atom is 0.390 e. The normalized spacial score (nSPS) is 29.8. The molecule has 0 aliphatic carbocycles. The van der Waals surface area contributed by atoms with E-state index in [1.807, 2.05) is 0 Å². The zero-order valence-corrected chi connectivity index (χ0v) is 19.0. The molecule has 4 atom stereocenters. The number of hydrogen-bond donors (Lipinski definition) is 0. The van der Waals surface area contributed by atoms with Gasteiger partial charge >= 0.3 is 13.6 Å². The fourth-order valence-electron chi connectivity index (χ4n) is 3.97. The Labute approximate surface area is 176 Å². The topological polar surface area (TPSA) is 120 Å². The maximum absolute atomic E-state index is 13.8. The van der Waals surface area contributed by atoms with Crippen molar-refractivity contribution < 1.29 is 42.8 Å². The summed E-state index contributed by atoms with van der Waals surface area (Å²) in [7, 11) is -4.16.